The van der Waals surface area contributed by atoms with E-state index in [4.69, 9.17) is 9.73 Å². The molecule has 0 unspecified atom stereocenters. The third-order valence-electron chi connectivity index (χ3n) is 4.19. The predicted octanol–water partition coefficient (Wildman–Crippen LogP) is 3.44. The Labute approximate surface area is 122 Å². The number of thioether (sulfide) groups is 1. The van der Waals surface area contributed by atoms with E-state index in [1.54, 1.807) is 0 Å². The minimum absolute atomic E-state index is 0.113. The van der Waals surface area contributed by atoms with E-state index < -0.39 is 0 Å². The molecule has 0 aromatic rings. The van der Waals surface area contributed by atoms with Gasteiger partial charge in [0.15, 0.2) is 5.17 Å². The summed E-state index contributed by atoms with van der Waals surface area (Å²) in [5.41, 5.74) is 0.404. The van der Waals surface area contributed by atoms with E-state index in [0.29, 0.717) is 5.41 Å². The monoisotopic (exact) mass is 284 g/mol. The van der Waals surface area contributed by atoms with Crippen molar-refractivity contribution < 1.29 is 4.74 Å². The highest BCUT2D eigenvalue weighted by Crippen LogP contribution is 2.41. The van der Waals surface area contributed by atoms with Crippen LogP contribution in [0.4, 0.5) is 0 Å². The molecule has 110 valence electrons. The third kappa shape index (κ3) is 4.38. The van der Waals surface area contributed by atoms with Crippen LogP contribution in [0.15, 0.2) is 4.99 Å². The second-order valence-corrected chi connectivity index (χ2v) is 7.48. The number of amidine groups is 1. The van der Waals surface area contributed by atoms with Crippen molar-refractivity contribution in [1.82, 2.24) is 5.32 Å². The summed E-state index contributed by atoms with van der Waals surface area (Å²) in [5, 5.41) is 4.57. The Morgan fingerprint density at radius 3 is 2.63 bits per heavy atom. The van der Waals surface area contributed by atoms with Gasteiger partial charge < -0.3 is 10.1 Å². The molecule has 1 N–H and O–H groups in total. The number of nitrogens with one attached hydrogen (secondary N) is 1. The maximum Gasteiger partial charge on any atom is 0.156 e. The fourth-order valence-electron chi connectivity index (χ4n) is 2.99. The van der Waals surface area contributed by atoms with Crippen molar-refractivity contribution >= 4 is 16.9 Å². The lowest BCUT2D eigenvalue weighted by Gasteiger charge is -2.38. The summed E-state index contributed by atoms with van der Waals surface area (Å²) in [5.74, 6) is 1.24. The third-order valence-corrected chi connectivity index (χ3v) is 5.49. The Bertz CT molecular complexity index is 322. The largest absolute Gasteiger partial charge is 0.374 e. The molecule has 0 amide bonds. The quantitative estimate of drug-likeness (QED) is 0.858. The van der Waals surface area contributed by atoms with Gasteiger partial charge in [0.2, 0.25) is 0 Å². The minimum atomic E-state index is -0.113. The highest BCUT2D eigenvalue weighted by Gasteiger charge is 2.35. The Hall–Kier alpha value is -0.220. The molecular formula is C15H28N2OS. The zero-order chi connectivity index (χ0) is 13.8. The van der Waals surface area contributed by atoms with E-state index >= 15 is 0 Å². The summed E-state index contributed by atoms with van der Waals surface area (Å²) in [6, 6.07) is 0. The first-order chi connectivity index (χ1) is 9.05. The Balaban J connectivity index is 1.80. The van der Waals surface area contributed by atoms with E-state index in [1.165, 1.54) is 37.9 Å². The number of ether oxygens (including phenoxy) is 1. The van der Waals surface area contributed by atoms with Crippen LogP contribution in [-0.2, 0) is 4.74 Å². The van der Waals surface area contributed by atoms with Crippen LogP contribution in [0.3, 0.4) is 0 Å². The lowest BCUT2D eigenvalue weighted by molar-refractivity contribution is -0.00559. The van der Waals surface area contributed by atoms with Crippen LogP contribution in [-0.4, -0.2) is 36.2 Å². The van der Waals surface area contributed by atoms with E-state index in [9.17, 15) is 0 Å². The van der Waals surface area contributed by atoms with Gasteiger partial charge in [-0.05, 0) is 39.0 Å². The van der Waals surface area contributed by atoms with Crippen molar-refractivity contribution in [3.05, 3.63) is 0 Å². The normalized spacial score (nSPS) is 23.2. The maximum absolute atomic E-state index is 5.70. The lowest BCUT2D eigenvalue weighted by Crippen LogP contribution is -2.42. The number of hydrogen-bond donors (Lipinski definition) is 1. The van der Waals surface area contributed by atoms with Crippen molar-refractivity contribution in [1.29, 1.82) is 0 Å². The van der Waals surface area contributed by atoms with Crippen LogP contribution >= 0.6 is 11.8 Å². The van der Waals surface area contributed by atoms with Crippen LogP contribution in [0.2, 0.25) is 0 Å². The molecule has 0 radical (unpaired) electrons. The highest BCUT2D eigenvalue weighted by molar-refractivity contribution is 8.13. The minimum Gasteiger partial charge on any atom is -0.374 e. The van der Waals surface area contributed by atoms with Gasteiger partial charge >= 0.3 is 0 Å². The zero-order valence-corrected chi connectivity index (χ0v) is 13.4. The second kappa shape index (κ2) is 6.49. The fraction of sp³-hybridized carbons (Fsp3) is 0.933. The smallest absolute Gasteiger partial charge is 0.156 e. The van der Waals surface area contributed by atoms with Gasteiger partial charge in [-0.1, -0.05) is 31.0 Å². The van der Waals surface area contributed by atoms with Gasteiger partial charge in [0.05, 0.1) is 5.60 Å². The van der Waals surface area contributed by atoms with Crippen LogP contribution < -0.4 is 5.32 Å². The first-order valence-electron chi connectivity index (χ1n) is 7.60. The van der Waals surface area contributed by atoms with Crippen LogP contribution in [0.5, 0.6) is 0 Å². The van der Waals surface area contributed by atoms with Gasteiger partial charge in [-0.3, -0.25) is 4.99 Å². The van der Waals surface area contributed by atoms with Gasteiger partial charge in [0.1, 0.15) is 0 Å². The van der Waals surface area contributed by atoms with E-state index in [0.717, 1.165) is 24.9 Å². The van der Waals surface area contributed by atoms with Crippen molar-refractivity contribution in [3.8, 4) is 0 Å². The van der Waals surface area contributed by atoms with Gasteiger partial charge in [-0.15, -0.1) is 0 Å². The highest BCUT2D eigenvalue weighted by atomic mass is 32.2. The maximum atomic E-state index is 5.70. The van der Waals surface area contributed by atoms with Gasteiger partial charge in [0, 0.05) is 25.4 Å². The molecule has 4 heteroatoms. The molecule has 1 aliphatic heterocycles. The molecule has 3 nitrogen and oxygen atoms in total. The molecule has 0 bridgehead atoms. The molecule has 1 aliphatic carbocycles. The molecule has 1 fully saturated rings. The molecule has 2 aliphatic rings. The molecule has 1 saturated carbocycles. The number of hydrogen-bond acceptors (Lipinski definition) is 4. The zero-order valence-electron chi connectivity index (χ0n) is 12.6. The first-order valence-corrected chi connectivity index (χ1v) is 8.59. The summed E-state index contributed by atoms with van der Waals surface area (Å²) in [6.07, 6.45) is 6.97. The SMILES string of the molecule is CCOC(C)(C)CNC1=NCC2(CCCCC2)CS1. The summed E-state index contributed by atoms with van der Waals surface area (Å²) in [7, 11) is 0. The van der Waals surface area contributed by atoms with Gasteiger partial charge in [0.25, 0.3) is 0 Å². The Kier molecular flexibility index (Phi) is 5.18. The van der Waals surface area contributed by atoms with Crippen molar-refractivity contribution in [3.63, 3.8) is 0 Å². The standard InChI is InChI=1S/C15H28N2OS/c1-4-18-14(2,3)10-16-13-17-11-15(12-19-13)8-6-5-7-9-15/h4-12H2,1-3H3,(H,16,17). The molecule has 1 heterocycles. The summed E-state index contributed by atoms with van der Waals surface area (Å²) in [4.78, 5) is 4.78. The van der Waals surface area contributed by atoms with Crippen molar-refractivity contribution in [2.45, 2.75) is 58.5 Å². The molecule has 1 spiro atoms. The fourth-order valence-corrected chi connectivity index (χ4v) is 4.15. The number of rotatable bonds is 4. The molecule has 0 aromatic carbocycles. The molecular weight excluding hydrogens is 256 g/mol. The number of nitrogens with zero attached hydrogens (tertiary/aromatic N) is 1. The topological polar surface area (TPSA) is 33.6 Å². The number of aliphatic imine (C=N–C) groups is 1. The molecule has 2 rings (SSSR count). The average molecular weight is 284 g/mol. The van der Waals surface area contributed by atoms with Crippen molar-refractivity contribution in [2.24, 2.45) is 10.4 Å². The van der Waals surface area contributed by atoms with Crippen molar-refractivity contribution in [2.75, 3.05) is 25.4 Å². The molecule has 0 aromatic heterocycles. The Morgan fingerprint density at radius 1 is 1.32 bits per heavy atom. The average Bonchev–Trinajstić information content (AvgIpc) is 2.39. The molecule has 0 atom stereocenters. The van der Waals surface area contributed by atoms with E-state index in [1.807, 2.05) is 18.7 Å². The second-order valence-electron chi connectivity index (χ2n) is 6.52. The lowest BCUT2D eigenvalue weighted by atomic mass is 9.75. The van der Waals surface area contributed by atoms with Gasteiger partial charge in [-0.2, -0.15) is 0 Å². The Morgan fingerprint density at radius 2 is 2.05 bits per heavy atom. The van der Waals surface area contributed by atoms with E-state index in [-0.39, 0.29) is 5.60 Å². The summed E-state index contributed by atoms with van der Waals surface area (Å²) >= 11 is 1.91. The van der Waals surface area contributed by atoms with Gasteiger partial charge in [-0.25, -0.2) is 0 Å². The molecule has 0 saturated heterocycles. The predicted molar refractivity (Wildman–Crippen MR) is 84.0 cm³/mol. The van der Waals surface area contributed by atoms with E-state index in [2.05, 4.69) is 19.2 Å². The van der Waals surface area contributed by atoms with Crippen LogP contribution in [0, 0.1) is 5.41 Å². The van der Waals surface area contributed by atoms with Crippen LogP contribution in [0.1, 0.15) is 52.9 Å². The van der Waals surface area contributed by atoms with Crippen LogP contribution in [0.25, 0.3) is 0 Å². The molecule has 19 heavy (non-hydrogen) atoms. The summed E-state index contributed by atoms with van der Waals surface area (Å²) < 4.78 is 5.70. The first kappa shape index (κ1) is 15.2. The summed E-state index contributed by atoms with van der Waals surface area (Å²) in [6.45, 7) is 8.91.